The molecule has 0 saturated carbocycles. The van der Waals surface area contributed by atoms with Crippen molar-refractivity contribution < 1.29 is 9.13 Å². The molecular formula is C45H72N4+2. The van der Waals surface area contributed by atoms with Gasteiger partial charge in [0.15, 0.2) is 11.0 Å². The summed E-state index contributed by atoms with van der Waals surface area (Å²) in [7, 11) is 0. The first-order valence-corrected chi connectivity index (χ1v) is 20.9. The van der Waals surface area contributed by atoms with Crippen LogP contribution in [-0.4, -0.2) is 9.13 Å². The molecule has 4 heteroatoms. The lowest BCUT2D eigenvalue weighted by atomic mass is 10.0. The van der Waals surface area contributed by atoms with Gasteiger partial charge in [0.1, 0.15) is 18.9 Å². The van der Waals surface area contributed by atoms with Crippen LogP contribution in [0.25, 0.3) is 11.0 Å². The van der Waals surface area contributed by atoms with Crippen molar-refractivity contribution in [3.8, 4) is 0 Å². The van der Waals surface area contributed by atoms with Gasteiger partial charge in [-0.2, -0.15) is 0 Å². The van der Waals surface area contributed by atoms with Crippen molar-refractivity contribution in [3.05, 3.63) is 85.2 Å². The second-order valence-corrected chi connectivity index (χ2v) is 14.9. The molecule has 0 aliphatic heterocycles. The molecule has 2 heterocycles. The molecule has 0 aliphatic rings. The summed E-state index contributed by atoms with van der Waals surface area (Å²) in [5.74, 6) is 0. The lowest BCUT2D eigenvalue weighted by Crippen LogP contribution is -2.32. The van der Waals surface area contributed by atoms with Gasteiger partial charge in [-0.05, 0) is 56.2 Å². The Balaban J connectivity index is 0.962. The van der Waals surface area contributed by atoms with E-state index in [0.717, 1.165) is 26.2 Å². The van der Waals surface area contributed by atoms with Crippen molar-refractivity contribution in [3.63, 3.8) is 0 Å². The molecule has 0 spiro atoms. The van der Waals surface area contributed by atoms with E-state index in [1.165, 1.54) is 171 Å². The summed E-state index contributed by atoms with van der Waals surface area (Å²) in [4.78, 5) is 0. The Morgan fingerprint density at radius 3 is 1.61 bits per heavy atom. The first-order chi connectivity index (χ1) is 24.3. The third-order valence-electron chi connectivity index (χ3n) is 10.6. The minimum Gasteiger partial charge on any atom is -0.237 e. The van der Waals surface area contributed by atoms with Gasteiger partial charge in [-0.3, -0.25) is 0 Å². The number of aryl methyl sites for hydroxylation is 3. The Labute approximate surface area is 301 Å². The van der Waals surface area contributed by atoms with E-state index in [1.807, 2.05) is 0 Å². The largest absolute Gasteiger partial charge is 0.244 e. The molecule has 270 valence electrons. The van der Waals surface area contributed by atoms with Crippen LogP contribution in [0.4, 0.5) is 0 Å². The molecule has 0 bridgehead atoms. The number of fused-ring (bicyclic) bond motifs is 1. The highest BCUT2D eigenvalue weighted by molar-refractivity contribution is 5.71. The van der Waals surface area contributed by atoms with E-state index in [-0.39, 0.29) is 0 Å². The van der Waals surface area contributed by atoms with Gasteiger partial charge in [0.05, 0.1) is 19.6 Å². The van der Waals surface area contributed by atoms with E-state index in [1.54, 1.807) is 0 Å². The standard InChI is InChI=1S/C45H72N4/c1-2-3-4-5-6-7-8-9-10-11-15-18-21-29-36-48-42-49(45-34-27-26-33-44(45)48)37-30-22-19-16-13-12-14-17-20-28-35-46-38-39-47(41-46)40-43-31-24-23-25-32-43/h23-27,31-34,38-39,41-42H,2-22,28-30,35-37,40H2,1H3/q+2. The molecule has 49 heavy (non-hydrogen) atoms. The number of imidazole rings is 2. The molecule has 4 rings (SSSR count). The molecule has 0 saturated heterocycles. The van der Waals surface area contributed by atoms with Crippen LogP contribution < -0.4 is 9.13 Å². The lowest BCUT2D eigenvalue weighted by Gasteiger charge is -2.03. The molecule has 0 radical (unpaired) electrons. The zero-order chi connectivity index (χ0) is 34.0. The van der Waals surface area contributed by atoms with Gasteiger partial charge in [-0.1, -0.05) is 165 Å². The minimum absolute atomic E-state index is 0.955. The van der Waals surface area contributed by atoms with Crippen LogP contribution in [0.5, 0.6) is 0 Å². The molecule has 2 aromatic heterocycles. The Kier molecular flexibility index (Phi) is 20.0. The number of unbranched alkanes of at least 4 members (excludes halogenated alkanes) is 22. The summed E-state index contributed by atoms with van der Waals surface area (Å²) in [6.07, 6.45) is 42.7. The molecular weight excluding hydrogens is 597 g/mol. The summed E-state index contributed by atoms with van der Waals surface area (Å²) in [6, 6.07) is 19.8. The number of hydrogen-bond acceptors (Lipinski definition) is 0. The predicted molar refractivity (Wildman–Crippen MR) is 209 cm³/mol. The van der Waals surface area contributed by atoms with Crippen LogP contribution >= 0.6 is 0 Å². The lowest BCUT2D eigenvalue weighted by molar-refractivity contribution is -0.687. The minimum atomic E-state index is 0.955. The molecule has 0 aliphatic carbocycles. The van der Waals surface area contributed by atoms with Crippen LogP contribution in [0.1, 0.15) is 167 Å². The Morgan fingerprint density at radius 2 is 1.00 bits per heavy atom. The van der Waals surface area contributed by atoms with E-state index < -0.39 is 0 Å². The maximum Gasteiger partial charge on any atom is 0.244 e. The van der Waals surface area contributed by atoms with Crippen molar-refractivity contribution in [1.29, 1.82) is 0 Å². The van der Waals surface area contributed by atoms with Crippen molar-refractivity contribution in [2.24, 2.45) is 0 Å². The van der Waals surface area contributed by atoms with Gasteiger partial charge in [0.25, 0.3) is 0 Å². The summed E-state index contributed by atoms with van der Waals surface area (Å²) in [5.41, 5.74) is 4.19. The number of hydrogen-bond donors (Lipinski definition) is 0. The maximum atomic E-state index is 2.52. The highest BCUT2D eigenvalue weighted by Gasteiger charge is 2.14. The number of benzene rings is 2. The third kappa shape index (κ3) is 16.1. The molecule has 2 aromatic carbocycles. The second kappa shape index (κ2) is 25.1. The van der Waals surface area contributed by atoms with Crippen molar-refractivity contribution in [1.82, 2.24) is 9.13 Å². The van der Waals surface area contributed by atoms with Gasteiger partial charge in [-0.15, -0.1) is 0 Å². The van der Waals surface area contributed by atoms with Crippen LogP contribution in [0.3, 0.4) is 0 Å². The zero-order valence-electron chi connectivity index (χ0n) is 31.6. The Bertz CT molecular complexity index is 1350. The molecule has 0 N–H and O–H groups in total. The van der Waals surface area contributed by atoms with E-state index >= 15 is 0 Å². The first-order valence-electron chi connectivity index (χ1n) is 20.9. The Hall–Kier alpha value is -2.88. The molecule has 0 atom stereocenters. The van der Waals surface area contributed by atoms with Gasteiger partial charge in [0.2, 0.25) is 12.7 Å². The molecule has 4 nitrogen and oxygen atoms in total. The molecule has 4 aromatic rings. The molecule has 0 amide bonds. The fourth-order valence-electron chi connectivity index (χ4n) is 7.53. The predicted octanol–water partition coefficient (Wildman–Crippen LogP) is 12.1. The number of aromatic nitrogens is 4. The maximum absolute atomic E-state index is 2.52. The van der Waals surface area contributed by atoms with Crippen LogP contribution in [0.2, 0.25) is 0 Å². The smallest absolute Gasteiger partial charge is 0.237 e. The highest BCUT2D eigenvalue weighted by atomic mass is 15.1. The quantitative estimate of drug-likeness (QED) is 0.0389. The van der Waals surface area contributed by atoms with Gasteiger partial charge in [0, 0.05) is 0 Å². The third-order valence-corrected chi connectivity index (χ3v) is 10.6. The SMILES string of the molecule is CCCCCCCCCCCCCCCC[n+]1cn(CCCCCCCCCCCCn2cc[n+](Cc3ccccc3)c2)c2ccccc21. The van der Waals surface area contributed by atoms with Crippen LogP contribution in [-0.2, 0) is 26.2 Å². The fraction of sp³-hybridized carbons (Fsp3) is 0.644. The molecule has 0 fully saturated rings. The van der Waals surface area contributed by atoms with Crippen molar-refractivity contribution in [2.45, 2.75) is 187 Å². The van der Waals surface area contributed by atoms with Crippen LogP contribution in [0.15, 0.2) is 79.6 Å². The normalized spacial score (nSPS) is 11.6. The molecule has 0 unspecified atom stereocenters. The number of rotatable bonds is 30. The van der Waals surface area contributed by atoms with E-state index in [0.29, 0.717) is 0 Å². The highest BCUT2D eigenvalue weighted by Crippen LogP contribution is 2.16. The zero-order valence-corrected chi connectivity index (χ0v) is 31.6. The van der Waals surface area contributed by atoms with E-state index in [4.69, 9.17) is 0 Å². The van der Waals surface area contributed by atoms with Crippen molar-refractivity contribution in [2.75, 3.05) is 0 Å². The average Bonchev–Trinajstić information content (AvgIpc) is 3.73. The number of nitrogens with zero attached hydrogens (tertiary/aromatic N) is 4. The van der Waals surface area contributed by atoms with Gasteiger partial charge < -0.3 is 0 Å². The van der Waals surface area contributed by atoms with Crippen molar-refractivity contribution >= 4 is 11.0 Å². The van der Waals surface area contributed by atoms with Crippen LogP contribution in [0, 0.1) is 0 Å². The van der Waals surface area contributed by atoms with Gasteiger partial charge in [-0.25, -0.2) is 18.3 Å². The summed E-state index contributed by atoms with van der Waals surface area (Å²) >= 11 is 0. The van der Waals surface area contributed by atoms with E-state index in [2.05, 4.69) is 105 Å². The average molecular weight is 669 g/mol. The first kappa shape index (κ1) is 38.9. The summed E-state index contributed by atoms with van der Waals surface area (Å²) in [5, 5.41) is 0. The topological polar surface area (TPSA) is 17.6 Å². The summed E-state index contributed by atoms with van der Waals surface area (Å²) < 4.78 is 9.68. The Morgan fingerprint density at radius 1 is 0.490 bits per heavy atom. The summed E-state index contributed by atoms with van der Waals surface area (Å²) in [6.45, 7) is 6.71. The van der Waals surface area contributed by atoms with E-state index in [9.17, 15) is 0 Å². The number of para-hydroxylation sites is 2. The van der Waals surface area contributed by atoms with Gasteiger partial charge >= 0.3 is 0 Å². The second-order valence-electron chi connectivity index (χ2n) is 14.9. The monoisotopic (exact) mass is 669 g/mol. The fourth-order valence-corrected chi connectivity index (χ4v) is 7.53.